The van der Waals surface area contributed by atoms with Gasteiger partial charge in [-0.25, -0.2) is 14.3 Å². The van der Waals surface area contributed by atoms with E-state index in [4.69, 9.17) is 28.5 Å². The molecule has 0 spiro atoms. The first-order valence-corrected chi connectivity index (χ1v) is 15.0. The second-order valence-corrected chi connectivity index (χ2v) is 12.2. The Labute approximate surface area is 254 Å². The number of nitriles is 1. The van der Waals surface area contributed by atoms with Crippen molar-refractivity contribution in [1.29, 1.82) is 5.26 Å². The van der Waals surface area contributed by atoms with Crippen molar-refractivity contribution in [2.45, 2.75) is 29.7 Å². The van der Waals surface area contributed by atoms with Gasteiger partial charge in [0, 0.05) is 45.4 Å². The number of aromatic nitrogens is 2. The quantitative estimate of drug-likeness (QED) is 0.150. The summed E-state index contributed by atoms with van der Waals surface area (Å²) in [5, 5.41) is 15.2. The van der Waals surface area contributed by atoms with E-state index in [1.54, 1.807) is 18.3 Å². The van der Waals surface area contributed by atoms with E-state index in [0.29, 0.717) is 21.7 Å². The molecule has 1 fully saturated rings. The van der Waals surface area contributed by atoms with Gasteiger partial charge in [-0.15, -0.1) is 0 Å². The number of nitrogens with one attached hydrogen (secondary N) is 1. The van der Waals surface area contributed by atoms with Crippen LogP contribution < -0.4 is 5.32 Å². The third kappa shape index (κ3) is 6.50. The smallest absolute Gasteiger partial charge is 0.137 e. The zero-order valence-corrected chi connectivity index (χ0v) is 24.5. The summed E-state index contributed by atoms with van der Waals surface area (Å²) in [6, 6.07) is 32.7. The molecule has 204 valence electrons. The van der Waals surface area contributed by atoms with Gasteiger partial charge in [0.25, 0.3) is 0 Å². The molecule has 1 aliphatic rings. The Morgan fingerprint density at radius 1 is 0.805 bits per heavy atom. The van der Waals surface area contributed by atoms with Crippen molar-refractivity contribution in [3.05, 3.63) is 130 Å². The van der Waals surface area contributed by atoms with Crippen LogP contribution in [0.15, 0.2) is 102 Å². The lowest BCUT2D eigenvalue weighted by molar-refractivity contribution is 0.358. The van der Waals surface area contributed by atoms with Crippen LogP contribution in [0.4, 0.5) is 5.82 Å². The zero-order valence-electron chi connectivity index (χ0n) is 22.2. The van der Waals surface area contributed by atoms with E-state index in [0.717, 1.165) is 64.2 Å². The van der Waals surface area contributed by atoms with Crippen molar-refractivity contribution < 1.29 is 0 Å². The molecule has 1 saturated heterocycles. The third-order valence-electron chi connectivity index (χ3n) is 7.41. The molecule has 0 atom stereocenters. The summed E-state index contributed by atoms with van der Waals surface area (Å²) in [6.45, 7) is 1.93. The first kappa shape index (κ1) is 27.6. The fourth-order valence-corrected chi connectivity index (χ4v) is 6.48. The fourth-order valence-electron chi connectivity index (χ4n) is 5.28. The van der Waals surface area contributed by atoms with Gasteiger partial charge in [-0.1, -0.05) is 53.5 Å². The van der Waals surface area contributed by atoms with Crippen LogP contribution in [0.3, 0.4) is 0 Å². The molecule has 5 aromatic rings. The summed E-state index contributed by atoms with van der Waals surface area (Å²) < 4.78 is 2.39. The van der Waals surface area contributed by atoms with E-state index < -0.39 is 0 Å². The Bertz CT molecular complexity index is 1630. The third-order valence-corrected chi connectivity index (χ3v) is 9.02. The molecular weight excluding hydrogens is 569 g/mol. The second-order valence-electron chi connectivity index (χ2n) is 10.1. The van der Waals surface area contributed by atoms with E-state index in [9.17, 15) is 0 Å². The molecule has 0 amide bonds. The van der Waals surface area contributed by atoms with Crippen molar-refractivity contribution in [3.63, 3.8) is 0 Å². The molecule has 0 bridgehead atoms. The van der Waals surface area contributed by atoms with E-state index in [1.807, 2.05) is 48.5 Å². The Hall–Kier alpha value is -3.60. The van der Waals surface area contributed by atoms with Gasteiger partial charge in [-0.3, -0.25) is 0 Å². The van der Waals surface area contributed by atoms with Crippen LogP contribution in [-0.4, -0.2) is 33.4 Å². The number of halogens is 2. The van der Waals surface area contributed by atoms with Gasteiger partial charge in [0.05, 0.1) is 17.1 Å². The number of hydrogen-bond donors (Lipinski definition) is 1. The summed E-state index contributed by atoms with van der Waals surface area (Å²) in [5.74, 6) is 0.866. The minimum Gasteiger partial charge on any atom is -0.367 e. The molecular formula is C33H27Cl2N5S. The van der Waals surface area contributed by atoms with Gasteiger partial charge < -0.3 is 5.32 Å². The predicted octanol–water partition coefficient (Wildman–Crippen LogP) is 8.57. The number of nitrogens with zero attached hydrogens (tertiary/aromatic N) is 4. The number of rotatable bonds is 7. The molecule has 2 heterocycles. The van der Waals surface area contributed by atoms with Crippen molar-refractivity contribution in [2.24, 2.45) is 0 Å². The maximum Gasteiger partial charge on any atom is 0.137 e. The maximum atomic E-state index is 9.04. The lowest BCUT2D eigenvalue weighted by Gasteiger charge is -2.31. The zero-order chi connectivity index (χ0) is 28.2. The average molecular weight is 597 g/mol. The molecule has 0 aliphatic carbocycles. The average Bonchev–Trinajstić information content (AvgIpc) is 3.01. The van der Waals surface area contributed by atoms with Gasteiger partial charge in [0.2, 0.25) is 0 Å². The van der Waals surface area contributed by atoms with Crippen LogP contribution in [-0.2, 0) is 0 Å². The number of anilines is 1. The van der Waals surface area contributed by atoms with Crippen molar-refractivity contribution in [3.8, 4) is 6.07 Å². The molecule has 0 radical (unpaired) electrons. The Balaban J connectivity index is 1.23. The Kier molecular flexibility index (Phi) is 8.41. The highest BCUT2D eigenvalue weighted by Gasteiger charge is 2.22. The van der Waals surface area contributed by atoms with Gasteiger partial charge in [-0.05, 0) is 102 Å². The van der Waals surface area contributed by atoms with E-state index in [1.165, 1.54) is 0 Å². The molecule has 0 unspecified atom stereocenters. The van der Waals surface area contributed by atoms with Gasteiger partial charge in [0.15, 0.2) is 0 Å². The predicted molar refractivity (Wildman–Crippen MR) is 169 cm³/mol. The Morgan fingerprint density at radius 2 is 1.41 bits per heavy atom. The van der Waals surface area contributed by atoms with Gasteiger partial charge in [-0.2, -0.15) is 5.26 Å². The van der Waals surface area contributed by atoms with Crippen LogP contribution in [0.2, 0.25) is 10.0 Å². The van der Waals surface area contributed by atoms with Crippen molar-refractivity contribution in [2.75, 3.05) is 18.4 Å². The fraction of sp³-hybridized carbons (Fsp3) is 0.182. The standard InChI is InChI=1S/C33H27Cl2N5S/c34-26-8-3-23(4-9-26)32(24-5-10-27(35)11-6-24)25-7-14-31-30(19-25)33(38-21-37-31)39-28-15-17-40(18-16-28)41-29-12-1-22(20-36)2-13-29/h1-14,19,21,28,32H,15-18H2,(H,37,38,39). The van der Waals surface area contributed by atoms with E-state index in [-0.39, 0.29) is 5.92 Å². The summed E-state index contributed by atoms with van der Waals surface area (Å²) in [7, 11) is 0. The topological polar surface area (TPSA) is 64.8 Å². The van der Waals surface area contributed by atoms with Crippen LogP contribution >= 0.6 is 35.1 Å². The highest BCUT2D eigenvalue weighted by atomic mass is 35.5. The molecule has 1 N–H and O–H groups in total. The lowest BCUT2D eigenvalue weighted by atomic mass is 9.84. The molecule has 0 saturated carbocycles. The van der Waals surface area contributed by atoms with Crippen LogP contribution in [0.1, 0.15) is 41.0 Å². The molecule has 41 heavy (non-hydrogen) atoms. The minimum atomic E-state index is 0.00415. The Morgan fingerprint density at radius 3 is 2.02 bits per heavy atom. The monoisotopic (exact) mass is 595 g/mol. The number of fused-ring (bicyclic) bond motifs is 1. The molecule has 1 aromatic heterocycles. The minimum absolute atomic E-state index is 0.00415. The van der Waals surface area contributed by atoms with Gasteiger partial charge in [0.1, 0.15) is 12.1 Å². The lowest BCUT2D eigenvalue weighted by Crippen LogP contribution is -2.35. The first-order chi connectivity index (χ1) is 20.1. The molecule has 8 heteroatoms. The maximum absolute atomic E-state index is 9.04. The van der Waals surface area contributed by atoms with Gasteiger partial charge >= 0.3 is 0 Å². The highest BCUT2D eigenvalue weighted by Crippen LogP contribution is 2.36. The number of hydrogen-bond acceptors (Lipinski definition) is 6. The van der Waals surface area contributed by atoms with Crippen molar-refractivity contribution in [1.82, 2.24) is 14.3 Å². The summed E-state index contributed by atoms with van der Waals surface area (Å²) in [5.41, 5.74) is 5.04. The van der Waals surface area contributed by atoms with E-state index in [2.05, 4.69) is 68.1 Å². The SMILES string of the molecule is N#Cc1ccc(SN2CCC(Nc3ncnc4ccc(C(c5ccc(Cl)cc5)c5ccc(Cl)cc5)cc34)CC2)cc1. The largest absolute Gasteiger partial charge is 0.367 e. The number of piperidine rings is 1. The summed E-state index contributed by atoms with van der Waals surface area (Å²) >= 11 is 14.2. The normalized spacial score (nSPS) is 14.3. The second kappa shape index (κ2) is 12.5. The molecule has 5 nitrogen and oxygen atoms in total. The first-order valence-electron chi connectivity index (χ1n) is 13.5. The van der Waals surface area contributed by atoms with E-state index >= 15 is 0 Å². The summed E-state index contributed by atoms with van der Waals surface area (Å²) in [4.78, 5) is 10.4. The van der Waals surface area contributed by atoms with Crippen LogP contribution in [0, 0.1) is 11.3 Å². The molecule has 1 aliphatic heterocycles. The van der Waals surface area contributed by atoms with Crippen LogP contribution in [0.5, 0.6) is 0 Å². The van der Waals surface area contributed by atoms with Crippen molar-refractivity contribution >= 4 is 51.9 Å². The number of benzene rings is 4. The van der Waals surface area contributed by atoms with Crippen LogP contribution in [0.25, 0.3) is 10.9 Å². The molecule has 4 aromatic carbocycles. The molecule has 6 rings (SSSR count). The summed E-state index contributed by atoms with van der Waals surface area (Å²) in [6.07, 6.45) is 3.65. The highest BCUT2D eigenvalue weighted by molar-refractivity contribution is 7.97.